The summed E-state index contributed by atoms with van der Waals surface area (Å²) in [6.45, 7) is 4.05. The van der Waals surface area contributed by atoms with Gasteiger partial charge >= 0.3 is 0 Å². The zero-order chi connectivity index (χ0) is 13.8. The Kier molecular flexibility index (Phi) is 4.67. The molecule has 3 N–H and O–H groups in total. The first kappa shape index (κ1) is 14.4. The summed E-state index contributed by atoms with van der Waals surface area (Å²) in [7, 11) is 1.39. The average Bonchev–Trinajstić information content (AvgIpc) is 2.28. The molecule has 1 aromatic carbocycles. The topological polar surface area (TPSA) is 64.3 Å². The Morgan fingerprint density at radius 3 is 2.72 bits per heavy atom. The molecule has 0 spiro atoms. The lowest BCUT2D eigenvalue weighted by atomic mass is 10.1. The molecule has 0 heterocycles. The number of hydrogen-bond donors (Lipinski definition) is 2. The van der Waals surface area contributed by atoms with Gasteiger partial charge in [0.25, 0.3) is 0 Å². The third-order valence-corrected chi connectivity index (χ3v) is 2.32. The summed E-state index contributed by atoms with van der Waals surface area (Å²) in [5.74, 6) is -0.452. The van der Waals surface area contributed by atoms with Gasteiger partial charge < -0.3 is 15.8 Å². The summed E-state index contributed by atoms with van der Waals surface area (Å²) < 4.78 is 18.0. The van der Waals surface area contributed by atoms with E-state index in [1.165, 1.54) is 19.2 Å². The number of carbonyl (C=O) groups excluding carboxylic acids is 1. The number of amides is 1. The highest BCUT2D eigenvalue weighted by atomic mass is 19.1. The number of nitrogens with one attached hydrogen (secondary N) is 1. The van der Waals surface area contributed by atoms with Crippen LogP contribution in [0.3, 0.4) is 0 Å². The van der Waals surface area contributed by atoms with Crippen LogP contribution in [-0.2, 0) is 11.2 Å². The van der Waals surface area contributed by atoms with E-state index in [0.717, 1.165) is 0 Å². The second-order valence-corrected chi connectivity index (χ2v) is 4.91. The maximum Gasteiger partial charge on any atom is 0.224 e. The SMILES string of the molecule is COc1cc(CC(=O)NCC(C)(C)N)ccc1F. The molecule has 1 rings (SSSR count). The Bertz CT molecular complexity index is 427. The lowest BCUT2D eigenvalue weighted by Gasteiger charge is -2.18. The second-order valence-electron chi connectivity index (χ2n) is 4.91. The van der Waals surface area contributed by atoms with Crippen molar-refractivity contribution in [1.29, 1.82) is 0 Å². The van der Waals surface area contributed by atoms with Gasteiger partial charge in [-0.15, -0.1) is 0 Å². The summed E-state index contributed by atoms with van der Waals surface area (Å²) >= 11 is 0. The Balaban J connectivity index is 2.59. The van der Waals surface area contributed by atoms with Crippen molar-refractivity contribution in [3.63, 3.8) is 0 Å². The number of hydrogen-bond acceptors (Lipinski definition) is 3. The van der Waals surface area contributed by atoms with Gasteiger partial charge in [0.15, 0.2) is 11.6 Å². The first-order chi connectivity index (χ1) is 8.31. The number of nitrogens with two attached hydrogens (primary N) is 1. The van der Waals surface area contributed by atoms with Crippen LogP contribution in [0.2, 0.25) is 0 Å². The van der Waals surface area contributed by atoms with Crippen molar-refractivity contribution in [2.24, 2.45) is 5.73 Å². The number of carbonyl (C=O) groups is 1. The molecule has 0 saturated heterocycles. The van der Waals surface area contributed by atoms with E-state index in [4.69, 9.17) is 10.5 Å². The highest BCUT2D eigenvalue weighted by Crippen LogP contribution is 2.18. The molecule has 0 radical (unpaired) electrons. The molecule has 100 valence electrons. The summed E-state index contributed by atoms with van der Waals surface area (Å²) in [4.78, 5) is 11.6. The van der Waals surface area contributed by atoms with Crippen molar-refractivity contribution in [3.8, 4) is 5.75 Å². The molecule has 4 nitrogen and oxygen atoms in total. The molecule has 0 aliphatic carbocycles. The lowest BCUT2D eigenvalue weighted by Crippen LogP contribution is -2.45. The van der Waals surface area contributed by atoms with E-state index in [0.29, 0.717) is 12.1 Å². The zero-order valence-electron chi connectivity index (χ0n) is 10.9. The van der Waals surface area contributed by atoms with Crippen LogP contribution < -0.4 is 15.8 Å². The van der Waals surface area contributed by atoms with Crippen LogP contribution >= 0.6 is 0 Å². The van der Waals surface area contributed by atoms with Gasteiger partial charge in [-0.1, -0.05) is 6.07 Å². The minimum atomic E-state index is -0.448. The van der Waals surface area contributed by atoms with Crippen LogP contribution in [0, 0.1) is 5.82 Å². The molecule has 1 aromatic rings. The van der Waals surface area contributed by atoms with Gasteiger partial charge in [0.1, 0.15) is 0 Å². The van der Waals surface area contributed by atoms with Crippen molar-refractivity contribution in [2.45, 2.75) is 25.8 Å². The van der Waals surface area contributed by atoms with Gasteiger partial charge in [-0.3, -0.25) is 4.79 Å². The smallest absolute Gasteiger partial charge is 0.224 e. The first-order valence-electron chi connectivity index (χ1n) is 5.70. The second kappa shape index (κ2) is 5.82. The van der Waals surface area contributed by atoms with E-state index in [2.05, 4.69) is 5.32 Å². The molecule has 0 fully saturated rings. The Morgan fingerprint density at radius 1 is 1.50 bits per heavy atom. The predicted molar refractivity (Wildman–Crippen MR) is 67.9 cm³/mol. The van der Waals surface area contributed by atoms with Gasteiger partial charge in [-0.2, -0.15) is 0 Å². The van der Waals surface area contributed by atoms with Crippen molar-refractivity contribution >= 4 is 5.91 Å². The molecular weight excluding hydrogens is 235 g/mol. The van der Waals surface area contributed by atoms with Crippen molar-refractivity contribution in [2.75, 3.05) is 13.7 Å². The molecule has 0 aliphatic heterocycles. The van der Waals surface area contributed by atoms with Crippen molar-refractivity contribution < 1.29 is 13.9 Å². The lowest BCUT2D eigenvalue weighted by molar-refractivity contribution is -0.120. The minimum Gasteiger partial charge on any atom is -0.494 e. The maximum atomic E-state index is 13.2. The molecule has 0 aliphatic rings. The minimum absolute atomic E-state index is 0.138. The van der Waals surface area contributed by atoms with Gasteiger partial charge in [-0.05, 0) is 31.5 Å². The van der Waals surface area contributed by atoms with Gasteiger partial charge in [0.05, 0.1) is 13.5 Å². The summed E-state index contributed by atoms with van der Waals surface area (Å²) in [6.07, 6.45) is 0.173. The summed E-state index contributed by atoms with van der Waals surface area (Å²) in [5.41, 5.74) is 6.01. The third kappa shape index (κ3) is 4.71. The summed E-state index contributed by atoms with van der Waals surface area (Å²) in [5, 5.41) is 2.72. The Morgan fingerprint density at radius 2 is 2.17 bits per heavy atom. The standard InChI is InChI=1S/C13H19FN2O2/c1-13(2,15)8-16-12(17)7-9-4-5-10(14)11(6-9)18-3/h4-6H,7-8,15H2,1-3H3,(H,16,17). The van der Waals surface area contributed by atoms with E-state index >= 15 is 0 Å². The number of methoxy groups -OCH3 is 1. The normalized spacial score (nSPS) is 11.2. The van der Waals surface area contributed by atoms with E-state index in [-0.39, 0.29) is 18.1 Å². The van der Waals surface area contributed by atoms with Gasteiger partial charge in [-0.25, -0.2) is 4.39 Å². The molecule has 18 heavy (non-hydrogen) atoms. The average molecular weight is 254 g/mol. The monoisotopic (exact) mass is 254 g/mol. The molecule has 5 heteroatoms. The van der Waals surface area contributed by atoms with Crippen LogP contribution in [0.25, 0.3) is 0 Å². The number of benzene rings is 1. The van der Waals surface area contributed by atoms with Gasteiger partial charge in [0, 0.05) is 12.1 Å². The molecule has 0 bridgehead atoms. The molecular formula is C13H19FN2O2. The van der Waals surface area contributed by atoms with Crippen LogP contribution in [0.4, 0.5) is 4.39 Å². The predicted octanol–water partition coefficient (Wildman–Crippen LogP) is 1.23. The van der Waals surface area contributed by atoms with Crippen LogP contribution in [0.15, 0.2) is 18.2 Å². The Hall–Kier alpha value is -1.62. The van der Waals surface area contributed by atoms with Crippen molar-refractivity contribution in [1.82, 2.24) is 5.32 Å². The van der Waals surface area contributed by atoms with Crippen molar-refractivity contribution in [3.05, 3.63) is 29.6 Å². The van der Waals surface area contributed by atoms with E-state index < -0.39 is 11.4 Å². The quantitative estimate of drug-likeness (QED) is 0.830. The van der Waals surface area contributed by atoms with Crippen LogP contribution in [0.5, 0.6) is 5.75 Å². The largest absolute Gasteiger partial charge is 0.494 e. The molecule has 1 amide bonds. The third-order valence-electron chi connectivity index (χ3n) is 2.32. The summed E-state index contributed by atoms with van der Waals surface area (Å²) in [6, 6.07) is 4.36. The number of ether oxygens (including phenoxy) is 1. The van der Waals surface area contributed by atoms with E-state index in [9.17, 15) is 9.18 Å². The fraction of sp³-hybridized carbons (Fsp3) is 0.462. The molecule has 0 aromatic heterocycles. The zero-order valence-corrected chi connectivity index (χ0v) is 10.9. The highest BCUT2D eigenvalue weighted by Gasteiger charge is 2.13. The molecule has 0 atom stereocenters. The molecule has 0 unspecified atom stereocenters. The Labute approximate surface area is 106 Å². The van der Waals surface area contributed by atoms with E-state index in [1.807, 2.05) is 13.8 Å². The highest BCUT2D eigenvalue weighted by molar-refractivity contribution is 5.78. The maximum absolute atomic E-state index is 13.2. The number of rotatable bonds is 5. The fourth-order valence-electron chi connectivity index (χ4n) is 1.39. The fourth-order valence-corrected chi connectivity index (χ4v) is 1.39. The van der Waals surface area contributed by atoms with Gasteiger partial charge in [0.2, 0.25) is 5.91 Å². The van der Waals surface area contributed by atoms with Crippen LogP contribution in [-0.4, -0.2) is 25.1 Å². The van der Waals surface area contributed by atoms with Crippen LogP contribution in [0.1, 0.15) is 19.4 Å². The molecule has 0 saturated carbocycles. The number of halogens is 1. The first-order valence-corrected chi connectivity index (χ1v) is 5.70. The van der Waals surface area contributed by atoms with E-state index in [1.54, 1.807) is 6.07 Å².